The van der Waals surface area contributed by atoms with Crippen molar-refractivity contribution in [1.82, 2.24) is 4.57 Å². The van der Waals surface area contributed by atoms with Crippen LogP contribution >= 0.6 is 0 Å². The summed E-state index contributed by atoms with van der Waals surface area (Å²) in [4.78, 5) is 0. The standard InChI is InChI=1S/C38H31N/c1-37(2)31-17-8-5-12-27(31)28-16-11-15-26(34(28)37)24-20-22-25(23-21-24)39-33-19-10-7-14-30(33)35-36(39)29-13-6-9-18-32(29)38(35,3)4/h5-23H,1-4H3. The molecule has 8 rings (SSSR count). The van der Waals surface area contributed by atoms with Crippen LogP contribution in [-0.2, 0) is 10.8 Å². The molecule has 1 heterocycles. The lowest BCUT2D eigenvalue weighted by Gasteiger charge is -2.24. The Morgan fingerprint density at radius 3 is 1.79 bits per heavy atom. The van der Waals surface area contributed by atoms with E-state index < -0.39 is 0 Å². The minimum atomic E-state index is -0.0398. The van der Waals surface area contributed by atoms with Gasteiger partial charge in [-0.2, -0.15) is 0 Å². The fraction of sp³-hybridized carbons (Fsp3) is 0.158. The molecular formula is C38H31N. The van der Waals surface area contributed by atoms with Crippen LogP contribution in [0.5, 0.6) is 0 Å². The molecule has 0 saturated carbocycles. The number of hydrogen-bond donors (Lipinski definition) is 0. The summed E-state index contributed by atoms with van der Waals surface area (Å²) >= 11 is 0. The van der Waals surface area contributed by atoms with Gasteiger partial charge < -0.3 is 4.57 Å². The number of para-hydroxylation sites is 1. The van der Waals surface area contributed by atoms with Crippen LogP contribution in [0.1, 0.15) is 49.9 Å². The summed E-state index contributed by atoms with van der Waals surface area (Å²) in [7, 11) is 0. The van der Waals surface area contributed by atoms with E-state index in [1.54, 1.807) is 0 Å². The third-order valence-corrected chi connectivity index (χ3v) is 9.37. The third-order valence-electron chi connectivity index (χ3n) is 9.37. The first-order chi connectivity index (χ1) is 18.9. The zero-order valence-corrected chi connectivity index (χ0v) is 22.9. The monoisotopic (exact) mass is 501 g/mol. The fourth-order valence-corrected chi connectivity index (χ4v) is 7.64. The van der Waals surface area contributed by atoms with E-state index in [9.17, 15) is 0 Å². The Kier molecular flexibility index (Phi) is 4.41. The molecule has 1 heteroatoms. The zero-order valence-electron chi connectivity index (χ0n) is 22.9. The second-order valence-corrected chi connectivity index (χ2v) is 12.2. The summed E-state index contributed by atoms with van der Waals surface area (Å²) < 4.78 is 2.48. The Morgan fingerprint density at radius 1 is 0.462 bits per heavy atom. The van der Waals surface area contributed by atoms with E-state index in [0.29, 0.717) is 0 Å². The smallest absolute Gasteiger partial charge is 0.0584 e. The van der Waals surface area contributed by atoms with Crippen LogP contribution in [0.15, 0.2) is 115 Å². The first kappa shape index (κ1) is 22.6. The van der Waals surface area contributed by atoms with Crippen molar-refractivity contribution >= 4 is 10.9 Å². The Labute approximate surface area is 230 Å². The van der Waals surface area contributed by atoms with E-state index in [2.05, 4.69) is 148 Å². The first-order valence-corrected chi connectivity index (χ1v) is 14.0. The van der Waals surface area contributed by atoms with Gasteiger partial charge in [0.25, 0.3) is 0 Å². The van der Waals surface area contributed by atoms with Gasteiger partial charge in [0, 0.05) is 27.5 Å². The van der Waals surface area contributed by atoms with Crippen molar-refractivity contribution in [2.24, 2.45) is 0 Å². The van der Waals surface area contributed by atoms with Crippen molar-refractivity contribution in [2.45, 2.75) is 38.5 Å². The molecule has 6 aromatic rings. The number of rotatable bonds is 2. The average molecular weight is 502 g/mol. The molecule has 0 unspecified atom stereocenters. The molecule has 188 valence electrons. The highest BCUT2D eigenvalue weighted by Crippen LogP contribution is 2.54. The Morgan fingerprint density at radius 2 is 1.03 bits per heavy atom. The summed E-state index contributed by atoms with van der Waals surface area (Å²) in [5.41, 5.74) is 16.1. The molecule has 0 fully saturated rings. The minimum Gasteiger partial charge on any atom is -0.309 e. The third kappa shape index (κ3) is 2.85. The normalized spacial score (nSPS) is 15.6. The molecule has 0 amide bonds. The molecule has 0 radical (unpaired) electrons. The molecule has 1 nitrogen and oxygen atoms in total. The van der Waals surface area contributed by atoms with Crippen molar-refractivity contribution in [3.63, 3.8) is 0 Å². The van der Waals surface area contributed by atoms with Gasteiger partial charge in [0.2, 0.25) is 0 Å². The van der Waals surface area contributed by atoms with Gasteiger partial charge in [0.1, 0.15) is 0 Å². The molecule has 2 aliphatic rings. The predicted molar refractivity (Wildman–Crippen MR) is 164 cm³/mol. The van der Waals surface area contributed by atoms with Crippen molar-refractivity contribution in [3.8, 4) is 39.2 Å². The summed E-state index contributed by atoms with van der Waals surface area (Å²) in [6.07, 6.45) is 0. The number of benzene rings is 5. The van der Waals surface area contributed by atoms with Crippen molar-refractivity contribution in [3.05, 3.63) is 138 Å². The number of nitrogens with zero attached hydrogens (tertiary/aromatic N) is 1. The maximum atomic E-state index is 2.48. The molecule has 0 saturated heterocycles. The summed E-state index contributed by atoms with van der Waals surface area (Å²) in [5.74, 6) is 0. The molecule has 0 N–H and O–H groups in total. The Hall–Kier alpha value is -4.36. The van der Waals surface area contributed by atoms with Gasteiger partial charge in [0.05, 0.1) is 11.2 Å². The van der Waals surface area contributed by atoms with Crippen molar-refractivity contribution in [2.75, 3.05) is 0 Å². The van der Waals surface area contributed by atoms with Crippen LogP contribution in [0.3, 0.4) is 0 Å². The largest absolute Gasteiger partial charge is 0.309 e. The van der Waals surface area contributed by atoms with Gasteiger partial charge in [-0.05, 0) is 62.7 Å². The minimum absolute atomic E-state index is 0.0338. The molecule has 0 bridgehead atoms. The van der Waals surface area contributed by atoms with Crippen LogP contribution in [0.25, 0.3) is 50.1 Å². The molecule has 1 aromatic heterocycles. The zero-order chi connectivity index (χ0) is 26.5. The van der Waals surface area contributed by atoms with Crippen LogP contribution < -0.4 is 0 Å². The highest BCUT2D eigenvalue weighted by molar-refractivity contribution is 5.99. The van der Waals surface area contributed by atoms with E-state index in [0.717, 1.165) is 0 Å². The van der Waals surface area contributed by atoms with Gasteiger partial charge in [0.15, 0.2) is 0 Å². The lowest BCUT2D eigenvalue weighted by atomic mass is 9.79. The Balaban J connectivity index is 1.32. The molecule has 0 atom stereocenters. The van der Waals surface area contributed by atoms with Crippen molar-refractivity contribution < 1.29 is 0 Å². The van der Waals surface area contributed by atoms with Gasteiger partial charge >= 0.3 is 0 Å². The Bertz CT molecular complexity index is 1950. The molecule has 2 aliphatic carbocycles. The predicted octanol–water partition coefficient (Wildman–Crippen LogP) is 9.91. The summed E-state index contributed by atoms with van der Waals surface area (Å²) in [6.45, 7) is 9.47. The van der Waals surface area contributed by atoms with Crippen LogP contribution in [0, 0.1) is 0 Å². The van der Waals surface area contributed by atoms with E-state index >= 15 is 0 Å². The van der Waals surface area contributed by atoms with E-state index in [4.69, 9.17) is 0 Å². The van der Waals surface area contributed by atoms with Gasteiger partial charge in [-0.3, -0.25) is 0 Å². The van der Waals surface area contributed by atoms with Crippen LogP contribution in [-0.4, -0.2) is 4.57 Å². The number of aromatic nitrogens is 1. The van der Waals surface area contributed by atoms with Gasteiger partial charge in [-0.1, -0.05) is 125 Å². The number of fused-ring (bicyclic) bond motifs is 8. The highest BCUT2D eigenvalue weighted by atomic mass is 15.0. The van der Waals surface area contributed by atoms with Crippen LogP contribution in [0.4, 0.5) is 0 Å². The highest BCUT2D eigenvalue weighted by Gasteiger charge is 2.40. The summed E-state index contributed by atoms with van der Waals surface area (Å²) in [5, 5.41) is 1.35. The fourth-order valence-electron chi connectivity index (χ4n) is 7.64. The van der Waals surface area contributed by atoms with E-state index in [1.165, 1.54) is 72.4 Å². The van der Waals surface area contributed by atoms with E-state index in [-0.39, 0.29) is 10.8 Å². The van der Waals surface area contributed by atoms with Gasteiger partial charge in [-0.25, -0.2) is 0 Å². The topological polar surface area (TPSA) is 4.93 Å². The maximum absolute atomic E-state index is 2.48. The van der Waals surface area contributed by atoms with E-state index in [1.807, 2.05) is 0 Å². The molecule has 0 spiro atoms. The molecule has 39 heavy (non-hydrogen) atoms. The SMILES string of the molecule is CC1(C)c2ccccc2-c2cccc(-c3ccc(-n4c5c(c6ccccc64)C(C)(C)c4ccccc4-5)cc3)c21. The summed E-state index contributed by atoms with van der Waals surface area (Å²) in [6, 6.07) is 42.8. The lowest BCUT2D eigenvalue weighted by Crippen LogP contribution is -2.16. The van der Waals surface area contributed by atoms with Gasteiger partial charge in [-0.15, -0.1) is 0 Å². The first-order valence-electron chi connectivity index (χ1n) is 14.0. The molecule has 5 aromatic carbocycles. The molecule has 0 aliphatic heterocycles. The average Bonchev–Trinajstić information content (AvgIpc) is 3.52. The van der Waals surface area contributed by atoms with Crippen molar-refractivity contribution in [1.29, 1.82) is 0 Å². The number of hydrogen-bond acceptors (Lipinski definition) is 0. The quantitative estimate of drug-likeness (QED) is 0.222. The molecular weight excluding hydrogens is 470 g/mol. The lowest BCUT2D eigenvalue weighted by molar-refractivity contribution is 0.662. The second kappa shape index (κ2) is 7.61. The maximum Gasteiger partial charge on any atom is 0.0584 e. The second-order valence-electron chi connectivity index (χ2n) is 12.2. The van der Waals surface area contributed by atoms with Crippen LogP contribution in [0.2, 0.25) is 0 Å².